The third kappa shape index (κ3) is 3.48. The smallest absolute Gasteiger partial charge is 0.129 e. The van der Waals surface area contributed by atoms with E-state index >= 15 is 0 Å². The summed E-state index contributed by atoms with van der Waals surface area (Å²) in [7, 11) is 0. The second-order valence-corrected chi connectivity index (χ2v) is 3.98. The summed E-state index contributed by atoms with van der Waals surface area (Å²) in [4.78, 5) is 1.88. The van der Waals surface area contributed by atoms with Crippen molar-refractivity contribution in [1.82, 2.24) is 4.90 Å². The third-order valence-electron chi connectivity index (χ3n) is 2.28. The molecule has 0 aliphatic heterocycles. The average Bonchev–Trinajstić information content (AvgIpc) is 2.24. The molecule has 4 heteroatoms. The van der Waals surface area contributed by atoms with E-state index in [1.54, 1.807) is 12.1 Å². The van der Waals surface area contributed by atoms with Crippen molar-refractivity contribution in [3.63, 3.8) is 0 Å². The van der Waals surface area contributed by atoms with Gasteiger partial charge in [0.15, 0.2) is 0 Å². The van der Waals surface area contributed by atoms with Crippen molar-refractivity contribution in [1.29, 1.82) is 5.26 Å². The molecule has 1 rings (SSSR count). The maximum absolute atomic E-state index is 13.5. The SMILES string of the molecule is CCCN(CC#N)Cc1c(F)cccc1Cl. The molecule has 0 radical (unpaired) electrons. The lowest BCUT2D eigenvalue weighted by molar-refractivity contribution is 0.294. The van der Waals surface area contributed by atoms with Gasteiger partial charge >= 0.3 is 0 Å². The minimum Gasteiger partial charge on any atom is -0.286 e. The van der Waals surface area contributed by atoms with Crippen LogP contribution in [0, 0.1) is 17.1 Å². The molecule has 0 saturated carbocycles. The Kier molecular flexibility index (Phi) is 5.24. The van der Waals surface area contributed by atoms with Gasteiger partial charge in [0, 0.05) is 17.1 Å². The molecule has 1 aromatic carbocycles. The summed E-state index contributed by atoms with van der Waals surface area (Å²) in [6.45, 7) is 3.46. The van der Waals surface area contributed by atoms with Crippen LogP contribution in [-0.2, 0) is 6.54 Å². The fourth-order valence-electron chi connectivity index (χ4n) is 1.54. The molecule has 0 N–H and O–H groups in total. The lowest BCUT2D eigenvalue weighted by atomic mass is 10.2. The molecule has 1 aromatic rings. The zero-order valence-corrected chi connectivity index (χ0v) is 9.97. The van der Waals surface area contributed by atoms with Gasteiger partial charge in [-0.05, 0) is 25.1 Å². The van der Waals surface area contributed by atoms with Crippen LogP contribution in [-0.4, -0.2) is 18.0 Å². The van der Waals surface area contributed by atoms with Gasteiger partial charge in [-0.3, -0.25) is 4.90 Å². The molecule has 0 heterocycles. The Hall–Kier alpha value is -1.11. The van der Waals surface area contributed by atoms with E-state index in [1.165, 1.54) is 6.07 Å². The summed E-state index contributed by atoms with van der Waals surface area (Å²) < 4.78 is 13.5. The van der Waals surface area contributed by atoms with Crippen LogP contribution in [0.4, 0.5) is 4.39 Å². The molecule has 0 aliphatic rings. The second-order valence-electron chi connectivity index (χ2n) is 3.57. The Morgan fingerprint density at radius 3 is 2.81 bits per heavy atom. The van der Waals surface area contributed by atoms with E-state index in [1.807, 2.05) is 11.8 Å². The van der Waals surface area contributed by atoms with Gasteiger partial charge in [0.05, 0.1) is 12.6 Å². The maximum Gasteiger partial charge on any atom is 0.129 e. The van der Waals surface area contributed by atoms with E-state index in [0.29, 0.717) is 23.7 Å². The number of nitrogens with zero attached hydrogens (tertiary/aromatic N) is 2. The van der Waals surface area contributed by atoms with Crippen molar-refractivity contribution >= 4 is 11.6 Å². The Labute approximate surface area is 100 Å². The first-order chi connectivity index (χ1) is 7.69. The summed E-state index contributed by atoms with van der Waals surface area (Å²) in [5, 5.41) is 9.08. The van der Waals surface area contributed by atoms with E-state index in [4.69, 9.17) is 16.9 Å². The molecule has 0 saturated heterocycles. The third-order valence-corrected chi connectivity index (χ3v) is 2.63. The van der Waals surface area contributed by atoms with Gasteiger partial charge in [-0.1, -0.05) is 24.6 Å². The summed E-state index contributed by atoms with van der Waals surface area (Å²) >= 11 is 5.92. The van der Waals surface area contributed by atoms with Crippen LogP contribution >= 0.6 is 11.6 Å². The molecule has 0 spiro atoms. The highest BCUT2D eigenvalue weighted by molar-refractivity contribution is 6.31. The Morgan fingerprint density at radius 2 is 2.25 bits per heavy atom. The van der Waals surface area contributed by atoms with Crippen molar-refractivity contribution < 1.29 is 4.39 Å². The van der Waals surface area contributed by atoms with Gasteiger partial charge in [0.25, 0.3) is 0 Å². The van der Waals surface area contributed by atoms with Gasteiger partial charge in [0.2, 0.25) is 0 Å². The Bertz CT molecular complexity index is 367. The molecule has 2 nitrogen and oxygen atoms in total. The Morgan fingerprint density at radius 1 is 1.50 bits per heavy atom. The van der Waals surface area contributed by atoms with E-state index in [9.17, 15) is 4.39 Å². The zero-order valence-electron chi connectivity index (χ0n) is 9.21. The highest BCUT2D eigenvalue weighted by Gasteiger charge is 2.11. The molecule has 86 valence electrons. The number of hydrogen-bond acceptors (Lipinski definition) is 2. The average molecular weight is 241 g/mol. The number of rotatable bonds is 5. The highest BCUT2D eigenvalue weighted by Crippen LogP contribution is 2.20. The largest absolute Gasteiger partial charge is 0.286 e. The van der Waals surface area contributed by atoms with Crippen LogP contribution in [0.3, 0.4) is 0 Å². The van der Waals surface area contributed by atoms with Gasteiger partial charge < -0.3 is 0 Å². The molecular formula is C12H14ClFN2. The molecule has 16 heavy (non-hydrogen) atoms. The monoisotopic (exact) mass is 240 g/mol. The summed E-state index contributed by atoms with van der Waals surface area (Å²) in [5.41, 5.74) is 0.466. The van der Waals surface area contributed by atoms with Crippen LogP contribution in [0.15, 0.2) is 18.2 Å². The first kappa shape index (κ1) is 13.0. The quantitative estimate of drug-likeness (QED) is 0.739. The molecule has 0 aliphatic carbocycles. The fraction of sp³-hybridized carbons (Fsp3) is 0.417. The number of benzene rings is 1. The topological polar surface area (TPSA) is 27.0 Å². The maximum atomic E-state index is 13.5. The highest BCUT2D eigenvalue weighted by atomic mass is 35.5. The zero-order chi connectivity index (χ0) is 12.0. The van der Waals surface area contributed by atoms with Gasteiger partial charge in [-0.25, -0.2) is 4.39 Å². The molecule has 0 aromatic heterocycles. The van der Waals surface area contributed by atoms with E-state index in [-0.39, 0.29) is 5.82 Å². The van der Waals surface area contributed by atoms with Gasteiger partial charge in [-0.2, -0.15) is 5.26 Å². The van der Waals surface area contributed by atoms with Crippen LogP contribution in [0.25, 0.3) is 0 Å². The lowest BCUT2D eigenvalue weighted by Crippen LogP contribution is -2.25. The van der Waals surface area contributed by atoms with Gasteiger partial charge in [0.1, 0.15) is 5.82 Å². The standard InChI is InChI=1S/C12H14ClFN2/c1-2-7-16(8-6-15)9-10-11(13)4-3-5-12(10)14/h3-5H,2,7-9H2,1H3. The van der Waals surface area contributed by atoms with E-state index in [2.05, 4.69) is 6.07 Å². The van der Waals surface area contributed by atoms with E-state index < -0.39 is 0 Å². The normalized spacial score (nSPS) is 10.4. The first-order valence-electron chi connectivity index (χ1n) is 5.21. The van der Waals surface area contributed by atoms with Crippen LogP contribution < -0.4 is 0 Å². The second kappa shape index (κ2) is 6.47. The van der Waals surface area contributed by atoms with Crippen molar-refractivity contribution in [3.8, 4) is 6.07 Å². The van der Waals surface area contributed by atoms with Crippen molar-refractivity contribution in [2.45, 2.75) is 19.9 Å². The predicted molar refractivity (Wildman–Crippen MR) is 62.6 cm³/mol. The van der Waals surface area contributed by atoms with Crippen molar-refractivity contribution in [2.75, 3.05) is 13.1 Å². The summed E-state index contributed by atoms with van der Waals surface area (Å²) in [5.74, 6) is -0.313. The minimum atomic E-state index is -0.313. The van der Waals surface area contributed by atoms with E-state index in [0.717, 1.165) is 13.0 Å². The molecular weight excluding hydrogens is 227 g/mol. The summed E-state index contributed by atoms with van der Waals surface area (Å²) in [6, 6.07) is 6.70. The first-order valence-corrected chi connectivity index (χ1v) is 5.59. The Balaban J connectivity index is 2.81. The summed E-state index contributed by atoms with van der Waals surface area (Å²) in [6.07, 6.45) is 0.924. The molecule has 0 fully saturated rings. The predicted octanol–water partition coefficient (Wildman–Crippen LogP) is 3.21. The molecule has 0 atom stereocenters. The number of nitriles is 1. The van der Waals surface area contributed by atoms with Crippen LogP contribution in [0.2, 0.25) is 5.02 Å². The number of halogens is 2. The molecule has 0 amide bonds. The lowest BCUT2D eigenvalue weighted by Gasteiger charge is -2.19. The van der Waals surface area contributed by atoms with Crippen molar-refractivity contribution in [2.24, 2.45) is 0 Å². The molecule has 0 bridgehead atoms. The minimum absolute atomic E-state index is 0.290. The van der Waals surface area contributed by atoms with Crippen molar-refractivity contribution in [3.05, 3.63) is 34.6 Å². The van der Waals surface area contributed by atoms with Crippen LogP contribution in [0.1, 0.15) is 18.9 Å². The van der Waals surface area contributed by atoms with Crippen LogP contribution in [0.5, 0.6) is 0 Å². The van der Waals surface area contributed by atoms with Gasteiger partial charge in [-0.15, -0.1) is 0 Å². The fourth-order valence-corrected chi connectivity index (χ4v) is 1.76. The molecule has 0 unspecified atom stereocenters. The number of hydrogen-bond donors (Lipinski definition) is 0.